The van der Waals surface area contributed by atoms with Crippen LogP contribution in [0.2, 0.25) is 5.02 Å². The molecule has 4 nitrogen and oxygen atoms in total. The Hall–Kier alpha value is -1.47. The van der Waals surface area contributed by atoms with Gasteiger partial charge in [0, 0.05) is 18.1 Å². The second-order valence-corrected chi connectivity index (χ2v) is 4.89. The van der Waals surface area contributed by atoms with E-state index in [-0.39, 0.29) is 13.0 Å². The molecule has 0 radical (unpaired) electrons. The molecule has 1 rings (SSSR count). The second kappa shape index (κ2) is 7.51. The third-order valence-electron chi connectivity index (χ3n) is 2.61. The average Bonchev–Trinajstić information content (AvgIpc) is 2.36. The van der Waals surface area contributed by atoms with Gasteiger partial charge in [0.25, 0.3) is 5.91 Å². The highest BCUT2D eigenvalue weighted by molar-refractivity contribution is 6.31. The molecule has 21 heavy (non-hydrogen) atoms. The molecule has 118 valence electrons. The summed E-state index contributed by atoms with van der Waals surface area (Å²) in [4.78, 5) is 11.8. The van der Waals surface area contributed by atoms with Crippen molar-refractivity contribution in [2.45, 2.75) is 32.0 Å². The Kier molecular flexibility index (Phi) is 6.29. The quantitative estimate of drug-likeness (QED) is 0.620. The monoisotopic (exact) mass is 324 g/mol. The molecule has 0 aliphatic heterocycles. The van der Waals surface area contributed by atoms with Crippen molar-refractivity contribution in [3.8, 4) is 0 Å². The fraction of sp³-hybridized carbons (Fsp3) is 0.462. The van der Waals surface area contributed by atoms with E-state index in [1.54, 1.807) is 6.07 Å². The third-order valence-corrected chi connectivity index (χ3v) is 2.85. The van der Waals surface area contributed by atoms with E-state index in [2.05, 4.69) is 5.32 Å². The summed E-state index contributed by atoms with van der Waals surface area (Å²) in [6, 6.07) is 4.57. The first-order valence-electron chi connectivity index (χ1n) is 6.23. The number of hydrogen-bond donors (Lipinski definition) is 2. The minimum absolute atomic E-state index is 0.149. The summed E-state index contributed by atoms with van der Waals surface area (Å²) >= 11 is 5.73. The number of hydrogen-bond acceptors (Lipinski definition) is 3. The van der Waals surface area contributed by atoms with Crippen molar-refractivity contribution in [1.29, 1.82) is 0 Å². The number of carbonyl (C=O) groups excluding carboxylic acids is 1. The highest BCUT2D eigenvalue weighted by Crippen LogP contribution is 2.23. The molecule has 1 amide bonds. The van der Waals surface area contributed by atoms with Crippen molar-refractivity contribution in [3.05, 3.63) is 23.2 Å². The summed E-state index contributed by atoms with van der Waals surface area (Å²) in [5.74, 6) is -0.490. The van der Waals surface area contributed by atoms with Crippen LogP contribution in [-0.2, 0) is 9.53 Å². The van der Waals surface area contributed by atoms with Gasteiger partial charge in [-0.3, -0.25) is 4.79 Å². The van der Waals surface area contributed by atoms with Crippen LogP contribution in [0.3, 0.4) is 0 Å². The zero-order valence-electron chi connectivity index (χ0n) is 11.3. The number of amides is 1. The van der Waals surface area contributed by atoms with Gasteiger partial charge in [-0.05, 0) is 31.5 Å². The first kappa shape index (κ1) is 17.6. The van der Waals surface area contributed by atoms with Gasteiger partial charge < -0.3 is 15.8 Å². The number of ether oxygens (including phenoxy) is 1. The number of nitrogens with two attached hydrogens (primary N) is 1. The summed E-state index contributed by atoms with van der Waals surface area (Å²) < 4.78 is 40.9. The van der Waals surface area contributed by atoms with Crippen LogP contribution in [0.1, 0.15) is 19.8 Å². The lowest BCUT2D eigenvalue weighted by atomic mass is 10.2. The minimum Gasteiger partial charge on any atom is -0.397 e. The van der Waals surface area contributed by atoms with E-state index in [4.69, 9.17) is 22.1 Å². The highest BCUT2D eigenvalue weighted by Gasteiger charge is 2.26. The van der Waals surface area contributed by atoms with Crippen LogP contribution in [0, 0.1) is 0 Å². The summed E-state index contributed by atoms with van der Waals surface area (Å²) in [6.07, 6.45) is -6.23. The summed E-state index contributed by atoms with van der Waals surface area (Å²) in [7, 11) is 0. The number of anilines is 2. The Labute approximate surface area is 125 Å². The molecule has 0 aromatic heterocycles. The van der Waals surface area contributed by atoms with Crippen LogP contribution >= 0.6 is 11.6 Å². The predicted octanol–water partition coefficient (Wildman–Crippen LogP) is 3.61. The maximum Gasteiger partial charge on any atom is 0.389 e. The van der Waals surface area contributed by atoms with E-state index >= 15 is 0 Å². The predicted molar refractivity (Wildman–Crippen MR) is 75.2 cm³/mol. The normalized spacial score (nSPS) is 13.0. The zero-order chi connectivity index (χ0) is 16.0. The van der Waals surface area contributed by atoms with Crippen molar-refractivity contribution in [2.24, 2.45) is 0 Å². The summed E-state index contributed by atoms with van der Waals surface area (Å²) in [6.45, 7) is 1.30. The number of nitrogen functional groups attached to an aromatic ring is 1. The molecule has 8 heteroatoms. The van der Waals surface area contributed by atoms with Gasteiger partial charge in [0.05, 0.1) is 11.4 Å². The van der Waals surface area contributed by atoms with E-state index in [1.807, 2.05) is 0 Å². The highest BCUT2D eigenvalue weighted by atomic mass is 35.5. The first-order chi connectivity index (χ1) is 9.69. The molecule has 0 fully saturated rings. The number of rotatable bonds is 6. The third kappa shape index (κ3) is 6.68. The molecule has 0 saturated carbocycles. The van der Waals surface area contributed by atoms with Gasteiger partial charge in [0.2, 0.25) is 0 Å². The van der Waals surface area contributed by atoms with Crippen molar-refractivity contribution < 1.29 is 22.7 Å². The first-order valence-corrected chi connectivity index (χ1v) is 6.61. The van der Waals surface area contributed by atoms with Crippen LogP contribution < -0.4 is 11.1 Å². The van der Waals surface area contributed by atoms with Crippen LogP contribution in [0.4, 0.5) is 24.5 Å². The Bertz CT molecular complexity index is 495. The van der Waals surface area contributed by atoms with Gasteiger partial charge in [-0.25, -0.2) is 0 Å². The molecule has 0 heterocycles. The van der Waals surface area contributed by atoms with Crippen LogP contribution in [0.5, 0.6) is 0 Å². The van der Waals surface area contributed by atoms with Crippen molar-refractivity contribution in [1.82, 2.24) is 0 Å². The molecule has 1 atom stereocenters. The number of alkyl halides is 3. The topological polar surface area (TPSA) is 64.3 Å². The maximum absolute atomic E-state index is 11.9. The standard InChI is InChI=1S/C13H16ClF3N2O2/c1-8(21-6-2-5-13(15,16)17)12(20)19-11-4-3-9(14)7-10(11)18/h3-4,7-8H,2,5-6,18H2,1H3,(H,19,20). The fourth-order valence-corrected chi connectivity index (χ4v) is 1.67. The molecule has 3 N–H and O–H groups in total. The molecule has 0 saturated heterocycles. The van der Waals surface area contributed by atoms with Gasteiger partial charge >= 0.3 is 6.18 Å². The Morgan fingerprint density at radius 3 is 2.71 bits per heavy atom. The van der Waals surface area contributed by atoms with Crippen LogP contribution in [-0.4, -0.2) is 24.8 Å². The lowest BCUT2D eigenvalue weighted by Crippen LogP contribution is -2.28. The zero-order valence-corrected chi connectivity index (χ0v) is 12.1. The number of nitrogens with one attached hydrogen (secondary N) is 1. The molecule has 0 aliphatic carbocycles. The number of benzene rings is 1. The molecule has 1 aromatic rings. The van der Waals surface area contributed by atoms with Gasteiger partial charge in [-0.15, -0.1) is 0 Å². The minimum atomic E-state index is -4.22. The SMILES string of the molecule is CC(OCCCC(F)(F)F)C(=O)Nc1ccc(Cl)cc1N. The second-order valence-electron chi connectivity index (χ2n) is 4.45. The van der Waals surface area contributed by atoms with Crippen molar-refractivity contribution in [2.75, 3.05) is 17.7 Å². The van der Waals surface area contributed by atoms with E-state index in [0.29, 0.717) is 16.4 Å². The van der Waals surface area contributed by atoms with Gasteiger partial charge in [0.15, 0.2) is 0 Å². The Morgan fingerprint density at radius 1 is 1.48 bits per heavy atom. The molecule has 0 aliphatic rings. The van der Waals surface area contributed by atoms with E-state index in [9.17, 15) is 18.0 Å². The molecule has 1 aromatic carbocycles. The van der Waals surface area contributed by atoms with E-state index < -0.39 is 24.6 Å². The van der Waals surface area contributed by atoms with E-state index in [1.165, 1.54) is 19.1 Å². The summed E-state index contributed by atoms with van der Waals surface area (Å²) in [5, 5.41) is 2.96. The molecule has 0 spiro atoms. The number of halogens is 4. The van der Waals surface area contributed by atoms with Gasteiger partial charge in [0.1, 0.15) is 6.10 Å². The average molecular weight is 325 g/mol. The number of carbonyl (C=O) groups is 1. The maximum atomic E-state index is 11.9. The smallest absolute Gasteiger partial charge is 0.389 e. The fourth-order valence-electron chi connectivity index (χ4n) is 1.49. The molecular weight excluding hydrogens is 309 g/mol. The summed E-state index contributed by atoms with van der Waals surface area (Å²) in [5.41, 5.74) is 6.34. The van der Waals surface area contributed by atoms with Gasteiger partial charge in [-0.2, -0.15) is 13.2 Å². The molecule has 0 bridgehead atoms. The van der Waals surface area contributed by atoms with Crippen molar-refractivity contribution in [3.63, 3.8) is 0 Å². The molecule has 1 unspecified atom stereocenters. The Morgan fingerprint density at radius 2 is 2.14 bits per heavy atom. The van der Waals surface area contributed by atoms with Crippen LogP contribution in [0.25, 0.3) is 0 Å². The lowest BCUT2D eigenvalue weighted by molar-refractivity contribution is -0.140. The molecular formula is C13H16ClF3N2O2. The Balaban J connectivity index is 2.41. The largest absolute Gasteiger partial charge is 0.397 e. The van der Waals surface area contributed by atoms with Gasteiger partial charge in [-0.1, -0.05) is 11.6 Å². The lowest BCUT2D eigenvalue weighted by Gasteiger charge is -2.15. The van der Waals surface area contributed by atoms with Crippen LogP contribution in [0.15, 0.2) is 18.2 Å². The van der Waals surface area contributed by atoms with Crippen molar-refractivity contribution >= 4 is 28.9 Å². The van der Waals surface area contributed by atoms with E-state index in [0.717, 1.165) is 0 Å².